The second-order valence-electron chi connectivity index (χ2n) is 7.32. The molecule has 12 nitrogen and oxygen atoms in total. The predicted octanol–water partition coefficient (Wildman–Crippen LogP) is 3.85. The molecule has 12 heteroatoms. The highest BCUT2D eigenvalue weighted by molar-refractivity contribution is 5.76. The maximum Gasteiger partial charge on any atom is 0.353 e. The third-order valence-corrected chi connectivity index (χ3v) is 5.33. The monoisotopic (exact) mass is 493 g/mol. The minimum absolute atomic E-state index is 0.0355. The molecule has 0 aliphatic carbocycles. The average Bonchev–Trinajstić information content (AvgIpc) is 3.40. The van der Waals surface area contributed by atoms with E-state index in [4.69, 9.17) is 23.7 Å². The summed E-state index contributed by atoms with van der Waals surface area (Å²) in [6, 6.07) is 15.7. The van der Waals surface area contributed by atoms with E-state index in [0.29, 0.717) is 22.9 Å². The van der Waals surface area contributed by atoms with E-state index in [1.165, 1.54) is 39.2 Å². The number of methoxy groups -OCH3 is 4. The third-order valence-electron chi connectivity index (χ3n) is 5.33. The minimum atomic E-state index is -0.559. The summed E-state index contributed by atoms with van der Waals surface area (Å²) in [6.45, 7) is 0.0770. The Balaban J connectivity index is 1.88. The molecule has 1 heterocycles. The molecule has 0 amide bonds. The van der Waals surface area contributed by atoms with E-state index in [-0.39, 0.29) is 35.2 Å². The van der Waals surface area contributed by atoms with Gasteiger partial charge in [0, 0.05) is 12.1 Å². The Kier molecular flexibility index (Phi) is 7.14. The average molecular weight is 493 g/mol. The summed E-state index contributed by atoms with van der Waals surface area (Å²) in [5, 5.41) is 24.1. The first kappa shape index (κ1) is 24.3. The smallest absolute Gasteiger partial charge is 0.353 e. The SMILES string of the molecule is COc1cc(-n2nnnc2-c2ccc(OC)c([N+](=O)[O-])c2OCc2ccccc2)cc(OC)c1OC. The fraction of sp³-hybridized carbons (Fsp3) is 0.208. The number of hydrogen-bond acceptors (Lipinski definition) is 10. The molecule has 186 valence electrons. The second-order valence-corrected chi connectivity index (χ2v) is 7.32. The van der Waals surface area contributed by atoms with Crippen LogP contribution in [0, 0.1) is 10.1 Å². The molecular weight excluding hydrogens is 470 g/mol. The van der Waals surface area contributed by atoms with Crippen molar-refractivity contribution < 1.29 is 28.6 Å². The van der Waals surface area contributed by atoms with Crippen molar-refractivity contribution in [3.63, 3.8) is 0 Å². The number of benzene rings is 3. The maximum atomic E-state index is 12.1. The molecule has 1 aromatic heterocycles. The molecule has 36 heavy (non-hydrogen) atoms. The molecule has 0 aliphatic rings. The standard InChI is InChI=1S/C24H23N5O7/c1-32-18-11-10-17(22(21(18)29(30)31)36-14-15-8-6-5-7-9-15)24-25-26-27-28(24)16-12-19(33-2)23(35-4)20(13-16)34-3/h5-13H,14H2,1-4H3. The summed E-state index contributed by atoms with van der Waals surface area (Å²) >= 11 is 0. The van der Waals surface area contributed by atoms with Crippen LogP contribution >= 0.6 is 0 Å². The van der Waals surface area contributed by atoms with E-state index in [0.717, 1.165) is 5.56 Å². The first-order valence-corrected chi connectivity index (χ1v) is 10.6. The number of nitro groups is 1. The van der Waals surface area contributed by atoms with Gasteiger partial charge in [0.1, 0.15) is 6.61 Å². The highest BCUT2D eigenvalue weighted by atomic mass is 16.6. The first-order valence-electron chi connectivity index (χ1n) is 10.6. The molecule has 0 N–H and O–H groups in total. The zero-order valence-electron chi connectivity index (χ0n) is 20.0. The van der Waals surface area contributed by atoms with Crippen molar-refractivity contribution in [1.29, 1.82) is 0 Å². The quantitative estimate of drug-likeness (QED) is 0.237. The topological polar surface area (TPSA) is 133 Å². The lowest BCUT2D eigenvalue weighted by atomic mass is 10.1. The van der Waals surface area contributed by atoms with Gasteiger partial charge in [-0.2, -0.15) is 4.68 Å². The Labute approximate surface area is 206 Å². The van der Waals surface area contributed by atoms with Gasteiger partial charge in [-0.25, -0.2) is 0 Å². The Hall–Kier alpha value is -4.87. The van der Waals surface area contributed by atoms with Crippen molar-refractivity contribution in [3.8, 4) is 45.8 Å². The van der Waals surface area contributed by atoms with Crippen LogP contribution in [-0.4, -0.2) is 53.6 Å². The molecular formula is C24H23N5O7. The van der Waals surface area contributed by atoms with E-state index in [2.05, 4.69) is 15.5 Å². The lowest BCUT2D eigenvalue weighted by Crippen LogP contribution is -2.06. The molecule has 4 rings (SSSR count). The Morgan fingerprint density at radius 2 is 1.53 bits per heavy atom. The zero-order chi connectivity index (χ0) is 25.7. The fourth-order valence-corrected chi connectivity index (χ4v) is 3.66. The number of rotatable bonds is 10. The number of hydrogen-bond donors (Lipinski definition) is 0. The predicted molar refractivity (Wildman–Crippen MR) is 128 cm³/mol. The molecule has 0 radical (unpaired) electrons. The van der Waals surface area contributed by atoms with Gasteiger partial charge in [0.05, 0.1) is 44.6 Å². The number of aromatic nitrogens is 4. The van der Waals surface area contributed by atoms with Crippen LogP contribution in [0.2, 0.25) is 0 Å². The summed E-state index contributed by atoms with van der Waals surface area (Å²) in [6.07, 6.45) is 0. The van der Waals surface area contributed by atoms with E-state index < -0.39 is 4.92 Å². The van der Waals surface area contributed by atoms with Crippen molar-refractivity contribution >= 4 is 5.69 Å². The van der Waals surface area contributed by atoms with Gasteiger partial charge in [-0.05, 0) is 28.1 Å². The molecule has 0 atom stereocenters. The summed E-state index contributed by atoms with van der Waals surface area (Å²) < 4.78 is 28.9. The highest BCUT2D eigenvalue weighted by Crippen LogP contribution is 2.45. The first-order chi connectivity index (χ1) is 17.5. The van der Waals surface area contributed by atoms with E-state index in [1.54, 1.807) is 18.2 Å². The van der Waals surface area contributed by atoms with Gasteiger partial charge < -0.3 is 23.7 Å². The lowest BCUT2D eigenvalue weighted by molar-refractivity contribution is -0.386. The Bertz CT molecular complexity index is 1350. The molecule has 0 spiro atoms. The van der Waals surface area contributed by atoms with Crippen molar-refractivity contribution in [3.05, 3.63) is 70.3 Å². The van der Waals surface area contributed by atoms with Gasteiger partial charge in [0.25, 0.3) is 0 Å². The molecule has 4 aromatic rings. The molecule has 3 aromatic carbocycles. The van der Waals surface area contributed by atoms with Gasteiger partial charge in [0.2, 0.25) is 17.2 Å². The number of nitrogens with zero attached hydrogens (tertiary/aromatic N) is 5. The van der Waals surface area contributed by atoms with Crippen LogP contribution in [0.3, 0.4) is 0 Å². The van der Waals surface area contributed by atoms with Crippen molar-refractivity contribution in [2.24, 2.45) is 0 Å². The van der Waals surface area contributed by atoms with Gasteiger partial charge in [-0.3, -0.25) is 10.1 Å². The van der Waals surface area contributed by atoms with Crippen LogP contribution in [0.25, 0.3) is 17.1 Å². The molecule has 0 saturated carbocycles. The lowest BCUT2D eigenvalue weighted by Gasteiger charge is -2.16. The third kappa shape index (κ3) is 4.56. The largest absolute Gasteiger partial charge is 0.493 e. The Morgan fingerprint density at radius 1 is 0.861 bits per heavy atom. The van der Waals surface area contributed by atoms with Crippen molar-refractivity contribution in [1.82, 2.24) is 20.2 Å². The van der Waals surface area contributed by atoms with E-state index in [9.17, 15) is 10.1 Å². The maximum absolute atomic E-state index is 12.1. The molecule has 0 saturated heterocycles. The Morgan fingerprint density at radius 3 is 2.11 bits per heavy atom. The fourth-order valence-electron chi connectivity index (χ4n) is 3.66. The van der Waals surface area contributed by atoms with Gasteiger partial charge in [-0.15, -0.1) is 5.10 Å². The van der Waals surface area contributed by atoms with Crippen LogP contribution in [0.5, 0.6) is 28.7 Å². The van der Waals surface area contributed by atoms with Crippen molar-refractivity contribution in [2.45, 2.75) is 6.61 Å². The molecule has 0 bridgehead atoms. The summed E-state index contributed by atoms with van der Waals surface area (Å²) in [5.41, 5.74) is 1.24. The van der Waals surface area contributed by atoms with E-state index >= 15 is 0 Å². The van der Waals surface area contributed by atoms with Crippen LogP contribution in [0.4, 0.5) is 5.69 Å². The zero-order valence-corrected chi connectivity index (χ0v) is 20.0. The van der Waals surface area contributed by atoms with Crippen molar-refractivity contribution in [2.75, 3.05) is 28.4 Å². The number of ether oxygens (including phenoxy) is 5. The summed E-state index contributed by atoms with van der Waals surface area (Å²) in [7, 11) is 5.83. The number of nitro benzene ring substituents is 1. The van der Waals surface area contributed by atoms with Crippen LogP contribution in [0.15, 0.2) is 54.6 Å². The van der Waals surface area contributed by atoms with Crippen LogP contribution in [-0.2, 0) is 6.61 Å². The van der Waals surface area contributed by atoms with E-state index in [1.807, 2.05) is 30.3 Å². The molecule has 0 unspecified atom stereocenters. The van der Waals surface area contributed by atoms with Gasteiger partial charge in [-0.1, -0.05) is 30.3 Å². The normalized spacial score (nSPS) is 10.6. The van der Waals surface area contributed by atoms with Crippen LogP contribution < -0.4 is 23.7 Å². The minimum Gasteiger partial charge on any atom is -0.493 e. The van der Waals surface area contributed by atoms with Crippen LogP contribution in [0.1, 0.15) is 5.56 Å². The van der Waals surface area contributed by atoms with Gasteiger partial charge in [0.15, 0.2) is 17.3 Å². The van der Waals surface area contributed by atoms with Gasteiger partial charge >= 0.3 is 5.69 Å². The summed E-state index contributed by atoms with van der Waals surface area (Å²) in [4.78, 5) is 11.5. The second kappa shape index (κ2) is 10.6. The number of tetrazole rings is 1. The molecule has 0 fully saturated rings. The molecule has 0 aliphatic heterocycles. The summed E-state index contributed by atoms with van der Waals surface area (Å²) in [5.74, 6) is 1.36. The highest BCUT2D eigenvalue weighted by Gasteiger charge is 2.30.